The molecule has 2 fully saturated rings. The van der Waals surface area contributed by atoms with Gasteiger partial charge < -0.3 is 9.80 Å². The number of carbonyl (C=O) groups excluding carboxylic acids is 1. The number of carbonyl (C=O) groups is 1. The number of hydrogen-bond acceptors (Lipinski definition) is 4. The largest absolute Gasteiger partial charge is 0.354 e. The number of amides is 2. The van der Waals surface area contributed by atoms with E-state index in [1.54, 1.807) is 16.0 Å². The maximum absolute atomic E-state index is 12.2. The highest BCUT2D eigenvalue weighted by Crippen LogP contribution is 2.30. The van der Waals surface area contributed by atoms with E-state index in [0.717, 1.165) is 49.6 Å². The highest BCUT2D eigenvalue weighted by atomic mass is 16.2. The summed E-state index contributed by atoms with van der Waals surface area (Å²) in [6.07, 6.45) is 4.82. The lowest BCUT2D eigenvalue weighted by atomic mass is 10.1. The summed E-state index contributed by atoms with van der Waals surface area (Å²) >= 11 is 0. The topological polar surface area (TPSA) is 57.5 Å². The molecular weight excluding hydrogens is 352 g/mol. The van der Waals surface area contributed by atoms with Gasteiger partial charge in [0.05, 0.1) is 23.4 Å². The van der Waals surface area contributed by atoms with Crippen molar-refractivity contribution in [2.45, 2.75) is 19.4 Å². The lowest BCUT2D eigenvalue weighted by Gasteiger charge is -2.19. The number of likely N-dealkylation sites (N-methyl/N-ethyl adjacent to an activating group) is 1. The Morgan fingerprint density at radius 3 is 2.82 bits per heavy atom. The molecule has 5 rings (SSSR count). The molecule has 1 aromatic carbocycles. The fourth-order valence-electron chi connectivity index (χ4n) is 4.21. The van der Waals surface area contributed by atoms with Crippen LogP contribution in [-0.4, -0.2) is 58.9 Å². The molecule has 0 spiro atoms. The first-order valence-electron chi connectivity index (χ1n) is 9.78. The van der Waals surface area contributed by atoms with Gasteiger partial charge in [-0.05, 0) is 31.0 Å². The van der Waals surface area contributed by atoms with Crippen molar-refractivity contribution >= 4 is 28.4 Å². The van der Waals surface area contributed by atoms with E-state index in [0.29, 0.717) is 0 Å². The van der Waals surface area contributed by atoms with E-state index in [-0.39, 0.29) is 12.1 Å². The van der Waals surface area contributed by atoms with Gasteiger partial charge in [0.1, 0.15) is 5.82 Å². The molecule has 144 valence electrons. The standard InChI is InChI=1S/C21H24N6O/c1-15-11-20(23-19-6-4-3-5-18(15)19)25-8-7-16(13-25)27-14-17(12-22-27)26-10-9-24(2)21(26)28/h3-6,11-12,14,16H,7-10,13H2,1-2H3. The number of para-hydroxylation sites is 1. The number of anilines is 2. The van der Waals surface area contributed by atoms with Gasteiger partial charge in [-0.25, -0.2) is 9.78 Å². The Bertz CT molecular complexity index is 1040. The third kappa shape index (κ3) is 2.78. The van der Waals surface area contributed by atoms with Crippen molar-refractivity contribution in [1.82, 2.24) is 19.7 Å². The Hall–Kier alpha value is -3.09. The zero-order chi connectivity index (χ0) is 19.3. The third-order valence-electron chi connectivity index (χ3n) is 5.89. The van der Waals surface area contributed by atoms with Crippen LogP contribution in [0.4, 0.5) is 16.3 Å². The zero-order valence-electron chi connectivity index (χ0n) is 16.2. The second kappa shape index (κ2) is 6.51. The molecule has 0 N–H and O–H groups in total. The van der Waals surface area contributed by atoms with Crippen molar-refractivity contribution < 1.29 is 4.79 Å². The molecule has 7 nitrogen and oxygen atoms in total. The quantitative estimate of drug-likeness (QED) is 0.705. The number of nitrogens with zero attached hydrogens (tertiary/aromatic N) is 6. The summed E-state index contributed by atoms with van der Waals surface area (Å²) < 4.78 is 2.01. The first-order valence-corrected chi connectivity index (χ1v) is 9.78. The first-order chi connectivity index (χ1) is 13.6. The van der Waals surface area contributed by atoms with Crippen LogP contribution >= 0.6 is 0 Å². The van der Waals surface area contributed by atoms with Crippen molar-refractivity contribution in [3.63, 3.8) is 0 Å². The van der Waals surface area contributed by atoms with Gasteiger partial charge in [-0.2, -0.15) is 5.10 Å². The van der Waals surface area contributed by atoms with E-state index >= 15 is 0 Å². The normalized spacial score (nSPS) is 20.0. The molecule has 0 bridgehead atoms. The monoisotopic (exact) mass is 376 g/mol. The van der Waals surface area contributed by atoms with Crippen molar-refractivity contribution in [2.75, 3.05) is 43.0 Å². The summed E-state index contributed by atoms with van der Waals surface area (Å²) in [5, 5.41) is 5.76. The van der Waals surface area contributed by atoms with Crippen molar-refractivity contribution in [3.8, 4) is 0 Å². The van der Waals surface area contributed by atoms with Crippen LogP contribution < -0.4 is 9.80 Å². The molecule has 1 atom stereocenters. The van der Waals surface area contributed by atoms with Crippen LogP contribution in [0.1, 0.15) is 18.0 Å². The molecule has 2 amide bonds. The third-order valence-corrected chi connectivity index (χ3v) is 5.89. The number of fused-ring (bicyclic) bond motifs is 1. The fourth-order valence-corrected chi connectivity index (χ4v) is 4.21. The molecule has 2 aliphatic heterocycles. The van der Waals surface area contributed by atoms with Crippen LogP contribution in [0.3, 0.4) is 0 Å². The van der Waals surface area contributed by atoms with Crippen LogP contribution in [0.15, 0.2) is 42.7 Å². The summed E-state index contributed by atoms with van der Waals surface area (Å²) in [7, 11) is 1.83. The molecule has 2 aromatic heterocycles. The highest BCUT2D eigenvalue weighted by molar-refractivity contribution is 5.93. The Morgan fingerprint density at radius 2 is 2.00 bits per heavy atom. The molecule has 0 radical (unpaired) electrons. The molecule has 0 aliphatic carbocycles. The molecule has 2 aliphatic rings. The summed E-state index contributed by atoms with van der Waals surface area (Å²) in [6, 6.07) is 10.8. The lowest BCUT2D eigenvalue weighted by molar-refractivity contribution is 0.229. The number of rotatable bonds is 3. The molecule has 2 saturated heterocycles. The Kier molecular flexibility index (Phi) is 3.96. The number of aromatic nitrogens is 3. The predicted molar refractivity (Wildman–Crippen MR) is 110 cm³/mol. The van der Waals surface area contributed by atoms with Crippen molar-refractivity contribution in [3.05, 3.63) is 48.3 Å². The number of benzene rings is 1. The predicted octanol–water partition coefficient (Wildman–Crippen LogP) is 3.06. The summed E-state index contributed by atoms with van der Waals surface area (Å²) in [4.78, 5) is 22.9. The molecule has 7 heteroatoms. The van der Waals surface area contributed by atoms with E-state index in [4.69, 9.17) is 4.98 Å². The van der Waals surface area contributed by atoms with Gasteiger partial charge in [-0.1, -0.05) is 18.2 Å². The number of urea groups is 1. The highest BCUT2D eigenvalue weighted by Gasteiger charge is 2.30. The molecular formula is C21H24N6O. The molecule has 0 saturated carbocycles. The van der Waals surface area contributed by atoms with Gasteiger partial charge in [0.15, 0.2) is 0 Å². The van der Waals surface area contributed by atoms with Gasteiger partial charge in [-0.3, -0.25) is 9.58 Å². The van der Waals surface area contributed by atoms with E-state index < -0.39 is 0 Å². The molecule has 3 aromatic rings. The number of aryl methyl sites for hydroxylation is 1. The van der Waals surface area contributed by atoms with Gasteiger partial charge in [0.2, 0.25) is 0 Å². The minimum Gasteiger partial charge on any atom is -0.354 e. The fraction of sp³-hybridized carbons (Fsp3) is 0.381. The summed E-state index contributed by atoms with van der Waals surface area (Å²) in [5.74, 6) is 1.03. The average molecular weight is 376 g/mol. The Balaban J connectivity index is 1.35. The van der Waals surface area contributed by atoms with E-state index in [1.165, 1.54) is 10.9 Å². The van der Waals surface area contributed by atoms with Gasteiger partial charge in [-0.15, -0.1) is 0 Å². The van der Waals surface area contributed by atoms with E-state index in [2.05, 4.69) is 41.2 Å². The zero-order valence-corrected chi connectivity index (χ0v) is 16.2. The summed E-state index contributed by atoms with van der Waals surface area (Å²) in [5.41, 5.74) is 3.17. The second-order valence-corrected chi connectivity index (χ2v) is 7.74. The van der Waals surface area contributed by atoms with Crippen LogP contribution in [-0.2, 0) is 0 Å². The van der Waals surface area contributed by atoms with E-state index in [1.807, 2.05) is 24.0 Å². The Morgan fingerprint density at radius 1 is 1.14 bits per heavy atom. The van der Waals surface area contributed by atoms with Crippen molar-refractivity contribution in [2.24, 2.45) is 0 Å². The van der Waals surface area contributed by atoms with Crippen molar-refractivity contribution in [1.29, 1.82) is 0 Å². The smallest absolute Gasteiger partial charge is 0.324 e. The van der Waals surface area contributed by atoms with Crippen LogP contribution in [0.2, 0.25) is 0 Å². The number of pyridine rings is 1. The average Bonchev–Trinajstić information content (AvgIpc) is 3.43. The maximum Gasteiger partial charge on any atom is 0.324 e. The first kappa shape index (κ1) is 17.0. The summed E-state index contributed by atoms with van der Waals surface area (Å²) in [6.45, 7) is 5.45. The van der Waals surface area contributed by atoms with Gasteiger partial charge in [0, 0.05) is 44.8 Å². The van der Waals surface area contributed by atoms with Crippen LogP contribution in [0, 0.1) is 6.92 Å². The minimum absolute atomic E-state index is 0.0448. The van der Waals surface area contributed by atoms with Crippen LogP contribution in [0.5, 0.6) is 0 Å². The molecule has 1 unspecified atom stereocenters. The number of hydrogen-bond donors (Lipinski definition) is 0. The minimum atomic E-state index is 0.0448. The second-order valence-electron chi connectivity index (χ2n) is 7.74. The SMILES string of the molecule is Cc1cc(N2CCC(n3cc(N4CCN(C)C4=O)cn3)C2)nc2ccccc12. The van der Waals surface area contributed by atoms with E-state index in [9.17, 15) is 4.79 Å². The Labute approximate surface area is 164 Å². The van der Waals surface area contributed by atoms with Crippen LogP contribution in [0.25, 0.3) is 10.9 Å². The van der Waals surface area contributed by atoms with Gasteiger partial charge >= 0.3 is 6.03 Å². The van der Waals surface area contributed by atoms with Gasteiger partial charge in [0.25, 0.3) is 0 Å². The molecule has 4 heterocycles. The maximum atomic E-state index is 12.2. The lowest BCUT2D eigenvalue weighted by Crippen LogP contribution is -2.28. The molecule has 28 heavy (non-hydrogen) atoms.